The normalized spacial score (nSPS) is 11.1. The standard InChI is InChI=1S/C12H12N4/c1-8-3-9-4-10(5-13-12(9)15-8)11-6-14-16(2)7-11/h3-7H,1-2H3,(H,13,15). The number of hydrogen-bond donors (Lipinski definition) is 1. The van der Waals surface area contributed by atoms with Crippen molar-refractivity contribution >= 4 is 11.0 Å². The topological polar surface area (TPSA) is 46.5 Å². The number of rotatable bonds is 1. The van der Waals surface area contributed by atoms with E-state index in [1.54, 1.807) is 4.68 Å². The van der Waals surface area contributed by atoms with Crippen LogP contribution in [-0.2, 0) is 7.05 Å². The first-order valence-electron chi connectivity index (χ1n) is 5.17. The first-order valence-corrected chi connectivity index (χ1v) is 5.17. The Bertz CT molecular complexity index is 648. The monoisotopic (exact) mass is 212 g/mol. The molecule has 0 fully saturated rings. The Morgan fingerprint density at radius 3 is 2.81 bits per heavy atom. The average Bonchev–Trinajstić information content (AvgIpc) is 2.81. The van der Waals surface area contributed by atoms with Crippen LogP contribution in [0, 0.1) is 6.92 Å². The van der Waals surface area contributed by atoms with Crippen LogP contribution >= 0.6 is 0 Å². The number of H-pyrrole nitrogens is 1. The van der Waals surface area contributed by atoms with Gasteiger partial charge in [0.1, 0.15) is 5.65 Å². The van der Waals surface area contributed by atoms with Crippen LogP contribution in [0.15, 0.2) is 30.7 Å². The van der Waals surface area contributed by atoms with Crippen LogP contribution in [-0.4, -0.2) is 19.7 Å². The molecule has 0 aliphatic carbocycles. The van der Waals surface area contributed by atoms with Crippen molar-refractivity contribution in [3.05, 3.63) is 36.4 Å². The van der Waals surface area contributed by atoms with Crippen molar-refractivity contribution in [2.75, 3.05) is 0 Å². The summed E-state index contributed by atoms with van der Waals surface area (Å²) in [6.07, 6.45) is 5.71. The maximum atomic E-state index is 4.40. The molecule has 3 aromatic heterocycles. The van der Waals surface area contributed by atoms with Gasteiger partial charge in [0, 0.05) is 41.6 Å². The molecule has 1 N–H and O–H groups in total. The average molecular weight is 212 g/mol. The van der Waals surface area contributed by atoms with E-state index in [0.29, 0.717) is 0 Å². The first kappa shape index (κ1) is 9.15. The molecule has 0 spiro atoms. The van der Waals surface area contributed by atoms with Crippen molar-refractivity contribution in [3.63, 3.8) is 0 Å². The maximum Gasteiger partial charge on any atom is 0.137 e. The molecule has 0 amide bonds. The molecule has 0 saturated heterocycles. The number of aromatic amines is 1. The van der Waals surface area contributed by atoms with Crippen molar-refractivity contribution in [1.29, 1.82) is 0 Å². The van der Waals surface area contributed by atoms with Crippen LogP contribution < -0.4 is 0 Å². The molecule has 0 aliphatic heterocycles. The zero-order valence-electron chi connectivity index (χ0n) is 9.23. The van der Waals surface area contributed by atoms with E-state index in [1.165, 1.54) is 0 Å². The molecule has 16 heavy (non-hydrogen) atoms. The molecule has 0 atom stereocenters. The third-order valence-electron chi connectivity index (χ3n) is 2.64. The summed E-state index contributed by atoms with van der Waals surface area (Å²) < 4.78 is 1.79. The molecule has 0 aliphatic rings. The van der Waals surface area contributed by atoms with E-state index in [2.05, 4.69) is 27.2 Å². The molecule has 3 aromatic rings. The molecule has 0 bridgehead atoms. The molecule has 0 aromatic carbocycles. The van der Waals surface area contributed by atoms with E-state index in [4.69, 9.17) is 0 Å². The molecular formula is C12H12N4. The fourth-order valence-electron chi connectivity index (χ4n) is 1.88. The summed E-state index contributed by atoms with van der Waals surface area (Å²) in [6, 6.07) is 4.23. The lowest BCUT2D eigenvalue weighted by Gasteiger charge is -1.96. The number of nitrogens with one attached hydrogen (secondary N) is 1. The molecule has 0 unspecified atom stereocenters. The highest BCUT2D eigenvalue weighted by Crippen LogP contribution is 2.22. The summed E-state index contributed by atoms with van der Waals surface area (Å²) in [5.74, 6) is 0. The van der Waals surface area contributed by atoms with Gasteiger partial charge in [-0.25, -0.2) is 4.98 Å². The Labute approximate surface area is 92.9 Å². The lowest BCUT2D eigenvalue weighted by molar-refractivity contribution is 0.768. The van der Waals surface area contributed by atoms with Gasteiger partial charge in [-0.3, -0.25) is 4.68 Å². The molecule has 3 rings (SSSR count). The number of nitrogens with zero attached hydrogens (tertiary/aromatic N) is 3. The van der Waals surface area contributed by atoms with Crippen LogP contribution in [0.3, 0.4) is 0 Å². The lowest BCUT2D eigenvalue weighted by Crippen LogP contribution is -1.84. The van der Waals surface area contributed by atoms with Crippen molar-refractivity contribution < 1.29 is 0 Å². The zero-order valence-corrected chi connectivity index (χ0v) is 9.23. The van der Waals surface area contributed by atoms with E-state index in [-0.39, 0.29) is 0 Å². The molecule has 0 saturated carbocycles. The second-order valence-electron chi connectivity index (χ2n) is 4.02. The van der Waals surface area contributed by atoms with Crippen LogP contribution in [0.5, 0.6) is 0 Å². The fourth-order valence-corrected chi connectivity index (χ4v) is 1.88. The molecule has 4 nitrogen and oxygen atoms in total. The predicted molar refractivity (Wildman–Crippen MR) is 63.0 cm³/mol. The Morgan fingerprint density at radius 2 is 2.06 bits per heavy atom. The Kier molecular flexibility index (Phi) is 1.83. The fraction of sp³-hybridized carbons (Fsp3) is 0.167. The van der Waals surface area contributed by atoms with Crippen LogP contribution in [0.1, 0.15) is 5.69 Å². The van der Waals surface area contributed by atoms with Gasteiger partial charge in [-0.05, 0) is 19.1 Å². The minimum absolute atomic E-state index is 0.935. The highest BCUT2D eigenvalue weighted by atomic mass is 15.2. The van der Waals surface area contributed by atoms with Crippen molar-refractivity contribution in [3.8, 4) is 11.1 Å². The minimum atomic E-state index is 0.935. The second kappa shape index (κ2) is 3.20. The summed E-state index contributed by atoms with van der Waals surface area (Å²) in [4.78, 5) is 7.61. The first-order chi connectivity index (χ1) is 7.72. The third-order valence-corrected chi connectivity index (χ3v) is 2.64. The van der Waals surface area contributed by atoms with Gasteiger partial charge in [0.2, 0.25) is 0 Å². The molecule has 80 valence electrons. The number of aromatic nitrogens is 4. The minimum Gasteiger partial charge on any atom is -0.344 e. The van der Waals surface area contributed by atoms with Gasteiger partial charge < -0.3 is 4.98 Å². The summed E-state index contributed by atoms with van der Waals surface area (Å²) in [7, 11) is 1.91. The lowest BCUT2D eigenvalue weighted by atomic mass is 10.1. The van der Waals surface area contributed by atoms with E-state index in [0.717, 1.165) is 27.9 Å². The number of pyridine rings is 1. The number of hydrogen-bond acceptors (Lipinski definition) is 2. The van der Waals surface area contributed by atoms with Gasteiger partial charge in [0.05, 0.1) is 6.20 Å². The Hall–Kier alpha value is -2.10. The van der Waals surface area contributed by atoms with E-state index in [1.807, 2.05) is 32.6 Å². The van der Waals surface area contributed by atoms with Crippen molar-refractivity contribution in [2.24, 2.45) is 7.05 Å². The van der Waals surface area contributed by atoms with Crippen molar-refractivity contribution in [1.82, 2.24) is 19.7 Å². The van der Waals surface area contributed by atoms with E-state index >= 15 is 0 Å². The van der Waals surface area contributed by atoms with Gasteiger partial charge in [0.15, 0.2) is 0 Å². The largest absolute Gasteiger partial charge is 0.344 e. The second-order valence-corrected chi connectivity index (χ2v) is 4.02. The van der Waals surface area contributed by atoms with Crippen LogP contribution in [0.4, 0.5) is 0 Å². The molecular weight excluding hydrogens is 200 g/mol. The smallest absolute Gasteiger partial charge is 0.137 e. The maximum absolute atomic E-state index is 4.40. The molecule has 0 radical (unpaired) electrons. The van der Waals surface area contributed by atoms with Gasteiger partial charge >= 0.3 is 0 Å². The number of aryl methyl sites for hydroxylation is 2. The summed E-state index contributed by atoms with van der Waals surface area (Å²) in [6.45, 7) is 2.03. The van der Waals surface area contributed by atoms with E-state index in [9.17, 15) is 0 Å². The zero-order chi connectivity index (χ0) is 11.1. The predicted octanol–water partition coefficient (Wildman–Crippen LogP) is 2.27. The summed E-state index contributed by atoms with van der Waals surface area (Å²) in [5, 5.41) is 5.30. The van der Waals surface area contributed by atoms with Crippen LogP contribution in [0.2, 0.25) is 0 Å². The van der Waals surface area contributed by atoms with Gasteiger partial charge in [-0.1, -0.05) is 0 Å². The molecule has 3 heterocycles. The van der Waals surface area contributed by atoms with Gasteiger partial charge in [-0.2, -0.15) is 5.10 Å². The van der Waals surface area contributed by atoms with Crippen LogP contribution in [0.25, 0.3) is 22.2 Å². The van der Waals surface area contributed by atoms with Gasteiger partial charge in [0.25, 0.3) is 0 Å². The molecule has 4 heteroatoms. The summed E-state index contributed by atoms with van der Waals surface area (Å²) in [5.41, 5.74) is 4.26. The number of fused-ring (bicyclic) bond motifs is 1. The van der Waals surface area contributed by atoms with E-state index < -0.39 is 0 Å². The highest BCUT2D eigenvalue weighted by Gasteiger charge is 2.04. The highest BCUT2D eigenvalue weighted by molar-refractivity contribution is 5.81. The van der Waals surface area contributed by atoms with Crippen molar-refractivity contribution in [2.45, 2.75) is 6.92 Å². The Balaban J connectivity index is 2.17. The third kappa shape index (κ3) is 1.39. The summed E-state index contributed by atoms with van der Waals surface area (Å²) >= 11 is 0. The SMILES string of the molecule is Cc1cc2cc(-c3cnn(C)c3)cnc2[nH]1. The Morgan fingerprint density at radius 1 is 1.19 bits per heavy atom. The quantitative estimate of drug-likeness (QED) is 0.672. The van der Waals surface area contributed by atoms with Gasteiger partial charge in [-0.15, -0.1) is 0 Å².